The third-order valence-corrected chi connectivity index (χ3v) is 3.79. The maximum atomic E-state index is 13.8. The Labute approximate surface area is 158 Å². The summed E-state index contributed by atoms with van der Waals surface area (Å²) < 4.78 is 29.8. The van der Waals surface area contributed by atoms with Crippen molar-refractivity contribution in [3.8, 4) is 17.2 Å². The van der Waals surface area contributed by atoms with Gasteiger partial charge in [0.2, 0.25) is 0 Å². The summed E-state index contributed by atoms with van der Waals surface area (Å²) in [5.74, 6) is 0.890. The highest BCUT2D eigenvalue weighted by Gasteiger charge is 2.14. The molecule has 0 spiro atoms. The van der Waals surface area contributed by atoms with Crippen LogP contribution in [0.5, 0.6) is 17.2 Å². The quantitative estimate of drug-likeness (QED) is 0.746. The van der Waals surface area contributed by atoms with Gasteiger partial charge >= 0.3 is 6.03 Å². The van der Waals surface area contributed by atoms with Gasteiger partial charge < -0.3 is 24.4 Å². The Morgan fingerprint density at radius 3 is 2.41 bits per heavy atom. The number of hydrogen-bond acceptors (Lipinski definition) is 4. The smallest absolute Gasteiger partial charge is 0.321 e. The molecule has 27 heavy (non-hydrogen) atoms. The Morgan fingerprint density at radius 2 is 1.78 bits per heavy atom. The second-order valence-corrected chi connectivity index (χ2v) is 5.78. The second-order valence-electron chi connectivity index (χ2n) is 5.78. The van der Waals surface area contributed by atoms with Crippen LogP contribution < -0.4 is 19.5 Å². The van der Waals surface area contributed by atoms with Crippen molar-refractivity contribution in [2.75, 3.05) is 32.7 Å². The third kappa shape index (κ3) is 5.51. The fraction of sp³-hybridized carbons (Fsp3) is 0.350. The van der Waals surface area contributed by atoms with Gasteiger partial charge in [-0.15, -0.1) is 0 Å². The SMILES string of the molecule is CCOc1ccc(OCC)c(NC(=O)N(C)Cc2ccc(OC)c(F)c2)c1. The van der Waals surface area contributed by atoms with Crippen LogP contribution in [0.1, 0.15) is 19.4 Å². The van der Waals surface area contributed by atoms with Crippen molar-refractivity contribution in [2.24, 2.45) is 0 Å². The van der Waals surface area contributed by atoms with Crippen LogP contribution in [0, 0.1) is 5.82 Å². The Hall–Kier alpha value is -2.96. The lowest BCUT2D eigenvalue weighted by molar-refractivity contribution is 0.220. The number of benzene rings is 2. The predicted octanol–water partition coefficient (Wildman–Crippen LogP) is 4.30. The monoisotopic (exact) mass is 376 g/mol. The summed E-state index contributed by atoms with van der Waals surface area (Å²) in [5, 5.41) is 2.81. The molecule has 0 atom stereocenters. The van der Waals surface area contributed by atoms with E-state index in [-0.39, 0.29) is 18.3 Å². The number of ether oxygens (including phenoxy) is 3. The molecule has 2 amide bonds. The molecule has 0 unspecified atom stereocenters. The van der Waals surface area contributed by atoms with Gasteiger partial charge in [-0.2, -0.15) is 0 Å². The summed E-state index contributed by atoms with van der Waals surface area (Å²) in [6.45, 7) is 4.98. The molecule has 0 aliphatic heterocycles. The van der Waals surface area contributed by atoms with Crippen molar-refractivity contribution in [3.05, 3.63) is 47.8 Å². The van der Waals surface area contributed by atoms with Crippen molar-refractivity contribution >= 4 is 11.7 Å². The first-order valence-electron chi connectivity index (χ1n) is 8.72. The van der Waals surface area contributed by atoms with E-state index in [0.717, 1.165) is 0 Å². The van der Waals surface area contributed by atoms with Crippen LogP contribution in [0.15, 0.2) is 36.4 Å². The molecular formula is C20H25FN2O4. The average Bonchev–Trinajstić information content (AvgIpc) is 2.64. The highest BCUT2D eigenvalue weighted by molar-refractivity contribution is 5.91. The van der Waals surface area contributed by atoms with E-state index in [4.69, 9.17) is 14.2 Å². The molecule has 2 aromatic carbocycles. The number of amides is 2. The summed E-state index contributed by atoms with van der Waals surface area (Å²) in [4.78, 5) is 14.0. The largest absolute Gasteiger partial charge is 0.494 e. The van der Waals surface area contributed by atoms with E-state index in [2.05, 4.69) is 5.32 Å². The van der Waals surface area contributed by atoms with E-state index in [1.807, 2.05) is 13.8 Å². The van der Waals surface area contributed by atoms with E-state index in [1.54, 1.807) is 31.3 Å². The molecule has 0 heterocycles. The highest BCUT2D eigenvalue weighted by Crippen LogP contribution is 2.30. The summed E-state index contributed by atoms with van der Waals surface area (Å²) in [5.41, 5.74) is 1.17. The second kappa shape index (κ2) is 9.66. The molecule has 2 aromatic rings. The molecule has 0 bridgehead atoms. The van der Waals surface area contributed by atoms with Gasteiger partial charge in [-0.25, -0.2) is 9.18 Å². The molecule has 0 aliphatic rings. The maximum absolute atomic E-state index is 13.8. The lowest BCUT2D eigenvalue weighted by atomic mass is 10.2. The molecule has 6 nitrogen and oxygen atoms in total. The zero-order valence-corrected chi connectivity index (χ0v) is 16.0. The standard InChI is InChI=1S/C20H25FN2O4/c1-5-26-15-8-10-19(27-6-2)17(12-15)22-20(24)23(3)13-14-7-9-18(25-4)16(21)11-14/h7-12H,5-6,13H2,1-4H3,(H,22,24). The summed E-state index contributed by atoms with van der Waals surface area (Å²) >= 11 is 0. The molecule has 0 saturated heterocycles. The zero-order chi connectivity index (χ0) is 19.8. The minimum Gasteiger partial charge on any atom is -0.494 e. The molecule has 0 fully saturated rings. The van der Waals surface area contributed by atoms with Crippen molar-refractivity contribution < 1.29 is 23.4 Å². The van der Waals surface area contributed by atoms with Gasteiger partial charge in [-0.05, 0) is 43.7 Å². The first-order chi connectivity index (χ1) is 13.0. The number of nitrogens with one attached hydrogen (secondary N) is 1. The van der Waals surface area contributed by atoms with E-state index in [1.165, 1.54) is 24.1 Å². The van der Waals surface area contributed by atoms with Gasteiger partial charge in [-0.3, -0.25) is 0 Å². The Kier molecular flexibility index (Phi) is 7.28. The fourth-order valence-electron chi connectivity index (χ4n) is 2.51. The van der Waals surface area contributed by atoms with Gasteiger partial charge in [0.15, 0.2) is 11.6 Å². The van der Waals surface area contributed by atoms with Gasteiger partial charge in [0.25, 0.3) is 0 Å². The molecule has 0 saturated carbocycles. The number of urea groups is 1. The summed E-state index contributed by atoms with van der Waals surface area (Å²) in [6.07, 6.45) is 0. The van der Waals surface area contributed by atoms with Crippen LogP contribution >= 0.6 is 0 Å². The first-order valence-corrected chi connectivity index (χ1v) is 8.72. The van der Waals surface area contributed by atoms with Crippen LogP contribution in [0.25, 0.3) is 0 Å². The molecule has 1 N–H and O–H groups in total. The average molecular weight is 376 g/mol. The van der Waals surface area contributed by atoms with Gasteiger partial charge in [-0.1, -0.05) is 6.07 Å². The number of rotatable bonds is 8. The van der Waals surface area contributed by atoms with Crippen LogP contribution in [-0.4, -0.2) is 38.3 Å². The summed E-state index contributed by atoms with van der Waals surface area (Å²) in [6, 6.07) is 9.51. The lowest BCUT2D eigenvalue weighted by Gasteiger charge is -2.20. The number of nitrogens with zero attached hydrogens (tertiary/aromatic N) is 1. The number of halogens is 1. The summed E-state index contributed by atoms with van der Waals surface area (Å²) in [7, 11) is 3.04. The van der Waals surface area contributed by atoms with Crippen LogP contribution in [0.3, 0.4) is 0 Å². The van der Waals surface area contributed by atoms with E-state index < -0.39 is 5.82 Å². The van der Waals surface area contributed by atoms with Gasteiger partial charge in [0.05, 0.1) is 26.0 Å². The van der Waals surface area contributed by atoms with Gasteiger partial charge in [0, 0.05) is 19.7 Å². The van der Waals surface area contributed by atoms with Crippen LogP contribution in [0.4, 0.5) is 14.9 Å². The Bertz CT molecular complexity index is 783. The number of hydrogen-bond donors (Lipinski definition) is 1. The number of methoxy groups -OCH3 is 1. The van der Waals surface area contributed by atoms with Crippen molar-refractivity contribution in [2.45, 2.75) is 20.4 Å². The van der Waals surface area contributed by atoms with Crippen molar-refractivity contribution in [1.29, 1.82) is 0 Å². The van der Waals surface area contributed by atoms with E-state index in [9.17, 15) is 9.18 Å². The molecule has 0 aliphatic carbocycles. The topological polar surface area (TPSA) is 60.0 Å². The normalized spacial score (nSPS) is 10.3. The molecule has 146 valence electrons. The number of carbonyl (C=O) groups excluding carboxylic acids is 1. The Morgan fingerprint density at radius 1 is 1.07 bits per heavy atom. The number of anilines is 1. The molecular weight excluding hydrogens is 351 g/mol. The van der Waals surface area contributed by atoms with E-state index >= 15 is 0 Å². The fourth-order valence-corrected chi connectivity index (χ4v) is 2.51. The predicted molar refractivity (Wildman–Crippen MR) is 102 cm³/mol. The van der Waals surface area contributed by atoms with Crippen molar-refractivity contribution in [3.63, 3.8) is 0 Å². The minimum absolute atomic E-state index is 0.167. The highest BCUT2D eigenvalue weighted by atomic mass is 19.1. The van der Waals surface area contributed by atoms with E-state index in [0.29, 0.717) is 36.0 Å². The zero-order valence-electron chi connectivity index (χ0n) is 16.0. The minimum atomic E-state index is -0.466. The lowest BCUT2D eigenvalue weighted by Crippen LogP contribution is -2.31. The van der Waals surface area contributed by atoms with Crippen LogP contribution in [-0.2, 0) is 6.54 Å². The van der Waals surface area contributed by atoms with Gasteiger partial charge in [0.1, 0.15) is 11.5 Å². The molecule has 0 radical (unpaired) electrons. The molecule has 0 aromatic heterocycles. The number of carbonyl (C=O) groups is 1. The first kappa shape index (κ1) is 20.4. The van der Waals surface area contributed by atoms with Crippen molar-refractivity contribution in [1.82, 2.24) is 4.90 Å². The maximum Gasteiger partial charge on any atom is 0.321 e. The third-order valence-electron chi connectivity index (χ3n) is 3.79. The molecule has 7 heteroatoms. The van der Waals surface area contributed by atoms with Crippen LogP contribution in [0.2, 0.25) is 0 Å². The Balaban J connectivity index is 2.10. The molecule has 2 rings (SSSR count).